The zero-order chi connectivity index (χ0) is 24.0. The SMILES string of the molecule is COCCN(CC(=O)N1N=C(c2ccc(OC)cc2OC)C[C@@H]1c1ccc(C)cc1)C(C)=O. The zero-order valence-electron chi connectivity index (χ0n) is 19.8. The van der Waals surface area contributed by atoms with Crippen LogP contribution < -0.4 is 9.47 Å². The molecule has 2 aromatic rings. The maximum Gasteiger partial charge on any atom is 0.262 e. The maximum atomic E-state index is 13.3. The Morgan fingerprint density at radius 1 is 1.09 bits per heavy atom. The van der Waals surface area contributed by atoms with Crippen LogP contribution in [0.15, 0.2) is 47.6 Å². The van der Waals surface area contributed by atoms with Crippen molar-refractivity contribution in [3.05, 3.63) is 59.2 Å². The highest BCUT2D eigenvalue weighted by Gasteiger charge is 2.35. The minimum absolute atomic E-state index is 0.0718. The van der Waals surface area contributed by atoms with Crippen LogP contribution in [-0.2, 0) is 14.3 Å². The summed E-state index contributed by atoms with van der Waals surface area (Å²) in [5, 5.41) is 6.20. The number of carbonyl (C=O) groups excluding carboxylic acids is 2. The van der Waals surface area contributed by atoms with Gasteiger partial charge in [-0.05, 0) is 24.6 Å². The Morgan fingerprint density at radius 2 is 1.82 bits per heavy atom. The van der Waals surface area contributed by atoms with Gasteiger partial charge < -0.3 is 19.1 Å². The molecule has 0 aromatic heterocycles. The molecule has 0 saturated carbocycles. The van der Waals surface area contributed by atoms with Crippen LogP contribution in [0.4, 0.5) is 0 Å². The molecule has 2 amide bonds. The molecule has 1 atom stereocenters. The van der Waals surface area contributed by atoms with Gasteiger partial charge >= 0.3 is 0 Å². The van der Waals surface area contributed by atoms with E-state index < -0.39 is 0 Å². The number of ether oxygens (including phenoxy) is 3. The lowest BCUT2D eigenvalue weighted by molar-refractivity contribution is -0.141. The average molecular weight is 454 g/mol. The van der Waals surface area contributed by atoms with Crippen LogP contribution >= 0.6 is 0 Å². The van der Waals surface area contributed by atoms with Gasteiger partial charge in [0.1, 0.15) is 18.0 Å². The normalized spacial score (nSPS) is 15.2. The number of methoxy groups -OCH3 is 3. The van der Waals surface area contributed by atoms with Gasteiger partial charge in [0.2, 0.25) is 5.91 Å². The van der Waals surface area contributed by atoms with E-state index in [-0.39, 0.29) is 24.4 Å². The second-order valence-electron chi connectivity index (χ2n) is 7.92. The molecule has 1 aliphatic rings. The number of aryl methyl sites for hydroxylation is 1. The molecule has 33 heavy (non-hydrogen) atoms. The molecule has 0 fully saturated rings. The second kappa shape index (κ2) is 11.0. The fourth-order valence-corrected chi connectivity index (χ4v) is 3.77. The van der Waals surface area contributed by atoms with Crippen molar-refractivity contribution in [3.63, 3.8) is 0 Å². The number of benzene rings is 2. The average Bonchev–Trinajstić information content (AvgIpc) is 3.26. The van der Waals surface area contributed by atoms with E-state index in [0.717, 1.165) is 22.4 Å². The standard InChI is InChI=1S/C25H31N3O5/c1-17-6-8-19(9-7-17)23-15-22(21-11-10-20(32-4)14-24(21)33-5)26-28(23)25(30)16-27(18(2)29)12-13-31-3/h6-11,14,23H,12-13,15-16H2,1-5H3/t23-/m1/s1. The first-order valence-corrected chi connectivity index (χ1v) is 10.8. The van der Waals surface area contributed by atoms with Crippen LogP contribution in [0.1, 0.15) is 36.1 Å². The molecule has 0 saturated heterocycles. The van der Waals surface area contributed by atoms with E-state index in [4.69, 9.17) is 19.3 Å². The molecule has 1 heterocycles. The van der Waals surface area contributed by atoms with Crippen molar-refractivity contribution >= 4 is 17.5 Å². The van der Waals surface area contributed by atoms with Gasteiger partial charge in [0, 0.05) is 38.6 Å². The number of nitrogens with zero attached hydrogens (tertiary/aromatic N) is 3. The monoisotopic (exact) mass is 453 g/mol. The van der Waals surface area contributed by atoms with Crippen LogP contribution in [0.25, 0.3) is 0 Å². The Balaban J connectivity index is 1.95. The van der Waals surface area contributed by atoms with E-state index in [1.54, 1.807) is 27.4 Å². The highest BCUT2D eigenvalue weighted by molar-refractivity contribution is 6.05. The summed E-state index contributed by atoms with van der Waals surface area (Å²) in [6.45, 7) is 4.08. The van der Waals surface area contributed by atoms with Crippen LogP contribution in [-0.4, -0.2) is 68.5 Å². The van der Waals surface area contributed by atoms with Crippen molar-refractivity contribution in [1.29, 1.82) is 0 Å². The van der Waals surface area contributed by atoms with Gasteiger partial charge in [0.05, 0.1) is 32.6 Å². The first kappa shape index (κ1) is 24.3. The van der Waals surface area contributed by atoms with E-state index in [1.807, 2.05) is 43.3 Å². The molecule has 176 valence electrons. The van der Waals surface area contributed by atoms with Crippen molar-refractivity contribution in [2.75, 3.05) is 41.0 Å². The van der Waals surface area contributed by atoms with Crippen molar-refractivity contribution in [1.82, 2.24) is 9.91 Å². The number of hydrazone groups is 1. The van der Waals surface area contributed by atoms with Crippen molar-refractivity contribution in [2.24, 2.45) is 5.10 Å². The molecule has 8 heteroatoms. The number of rotatable bonds is 9. The number of amides is 2. The van der Waals surface area contributed by atoms with Crippen LogP contribution in [0.2, 0.25) is 0 Å². The zero-order valence-corrected chi connectivity index (χ0v) is 19.8. The Labute approximate surface area is 194 Å². The first-order valence-electron chi connectivity index (χ1n) is 10.8. The number of carbonyl (C=O) groups is 2. The third-order valence-electron chi connectivity index (χ3n) is 5.68. The molecule has 0 N–H and O–H groups in total. The van der Waals surface area contributed by atoms with E-state index >= 15 is 0 Å². The fourth-order valence-electron chi connectivity index (χ4n) is 3.77. The lowest BCUT2D eigenvalue weighted by Crippen LogP contribution is -2.41. The topological polar surface area (TPSA) is 80.7 Å². The van der Waals surface area contributed by atoms with E-state index in [0.29, 0.717) is 31.1 Å². The van der Waals surface area contributed by atoms with Crippen LogP contribution in [0.3, 0.4) is 0 Å². The summed E-state index contributed by atoms with van der Waals surface area (Å²) in [4.78, 5) is 26.9. The lowest BCUT2D eigenvalue weighted by Gasteiger charge is -2.26. The molecular formula is C25H31N3O5. The van der Waals surface area contributed by atoms with Gasteiger partial charge in [-0.15, -0.1) is 0 Å². The van der Waals surface area contributed by atoms with Crippen molar-refractivity contribution in [2.45, 2.75) is 26.3 Å². The maximum absolute atomic E-state index is 13.3. The number of hydrogen-bond acceptors (Lipinski definition) is 6. The summed E-state index contributed by atoms with van der Waals surface area (Å²) in [6, 6.07) is 13.3. The van der Waals surface area contributed by atoms with Gasteiger partial charge in [0.15, 0.2) is 0 Å². The van der Waals surface area contributed by atoms with Gasteiger partial charge in [0.25, 0.3) is 5.91 Å². The molecule has 0 unspecified atom stereocenters. The van der Waals surface area contributed by atoms with Gasteiger partial charge in [-0.3, -0.25) is 9.59 Å². The van der Waals surface area contributed by atoms with Crippen LogP contribution in [0, 0.1) is 6.92 Å². The molecule has 0 aliphatic carbocycles. The second-order valence-corrected chi connectivity index (χ2v) is 7.92. The Bertz CT molecular complexity index is 1020. The largest absolute Gasteiger partial charge is 0.497 e. The Kier molecular flexibility index (Phi) is 8.06. The molecule has 2 aromatic carbocycles. The van der Waals surface area contributed by atoms with Crippen molar-refractivity contribution < 1.29 is 23.8 Å². The Hall–Kier alpha value is -3.39. The molecular weight excluding hydrogens is 422 g/mol. The highest BCUT2D eigenvalue weighted by Crippen LogP contribution is 2.36. The molecule has 8 nitrogen and oxygen atoms in total. The van der Waals surface area contributed by atoms with Gasteiger partial charge in [-0.1, -0.05) is 29.8 Å². The molecule has 0 bridgehead atoms. The van der Waals surface area contributed by atoms with Crippen LogP contribution in [0.5, 0.6) is 11.5 Å². The summed E-state index contributed by atoms with van der Waals surface area (Å²) in [5.74, 6) is 0.852. The molecule has 0 radical (unpaired) electrons. The Morgan fingerprint density at radius 3 is 2.42 bits per heavy atom. The van der Waals surface area contributed by atoms with E-state index in [9.17, 15) is 9.59 Å². The number of hydrogen-bond donors (Lipinski definition) is 0. The summed E-state index contributed by atoms with van der Waals surface area (Å²) in [7, 11) is 4.75. The fraction of sp³-hybridized carbons (Fsp3) is 0.400. The first-order chi connectivity index (χ1) is 15.9. The minimum atomic E-state index is -0.281. The minimum Gasteiger partial charge on any atom is -0.497 e. The third-order valence-corrected chi connectivity index (χ3v) is 5.68. The summed E-state index contributed by atoms with van der Waals surface area (Å²) < 4.78 is 15.9. The van der Waals surface area contributed by atoms with E-state index in [1.165, 1.54) is 16.8 Å². The van der Waals surface area contributed by atoms with E-state index in [2.05, 4.69) is 0 Å². The quantitative estimate of drug-likeness (QED) is 0.583. The van der Waals surface area contributed by atoms with Crippen molar-refractivity contribution in [3.8, 4) is 11.5 Å². The molecule has 3 rings (SSSR count). The predicted molar refractivity (Wildman–Crippen MR) is 126 cm³/mol. The highest BCUT2D eigenvalue weighted by atomic mass is 16.5. The summed E-state index contributed by atoms with van der Waals surface area (Å²) in [6.07, 6.45) is 0.523. The molecule has 1 aliphatic heterocycles. The molecule has 0 spiro atoms. The summed E-state index contributed by atoms with van der Waals surface area (Å²) >= 11 is 0. The third kappa shape index (κ3) is 5.70. The summed E-state index contributed by atoms with van der Waals surface area (Å²) in [5.41, 5.74) is 3.65. The van der Waals surface area contributed by atoms with Gasteiger partial charge in [-0.2, -0.15) is 5.10 Å². The van der Waals surface area contributed by atoms with Gasteiger partial charge in [-0.25, -0.2) is 5.01 Å². The smallest absolute Gasteiger partial charge is 0.262 e. The predicted octanol–water partition coefficient (Wildman–Crippen LogP) is 3.18. The lowest BCUT2D eigenvalue weighted by atomic mass is 9.97.